The van der Waals surface area contributed by atoms with Crippen molar-refractivity contribution in [2.24, 2.45) is 7.05 Å². The standard InChI is InChI=1S/C14H13F3N4O3/c1-20-11-8(4-5-9(19-11)14(15,16)17)12(23)21(13(20)24)6-10(22)18-7-2-3-7/h4-5,7H,2-3,6H2,1H3,(H,18,22). The molecule has 24 heavy (non-hydrogen) atoms. The number of aromatic nitrogens is 3. The monoisotopic (exact) mass is 342 g/mol. The molecular weight excluding hydrogens is 329 g/mol. The zero-order valence-corrected chi connectivity index (χ0v) is 12.6. The van der Waals surface area contributed by atoms with Crippen LogP contribution in [0.1, 0.15) is 18.5 Å². The molecular formula is C14H13F3N4O3. The number of carbonyl (C=O) groups excluding carboxylic acids is 1. The first kappa shape index (κ1) is 16.2. The highest BCUT2D eigenvalue weighted by atomic mass is 19.4. The average molecular weight is 342 g/mol. The van der Waals surface area contributed by atoms with E-state index in [1.807, 2.05) is 0 Å². The summed E-state index contributed by atoms with van der Waals surface area (Å²) in [6, 6.07) is 1.69. The molecule has 0 radical (unpaired) electrons. The van der Waals surface area contributed by atoms with Gasteiger partial charge in [0.15, 0.2) is 0 Å². The number of hydrogen-bond donors (Lipinski definition) is 1. The van der Waals surface area contributed by atoms with Crippen LogP contribution in [-0.2, 0) is 24.6 Å². The molecule has 7 nitrogen and oxygen atoms in total. The third-order valence-corrected chi connectivity index (χ3v) is 3.72. The van der Waals surface area contributed by atoms with Gasteiger partial charge in [0.05, 0.1) is 5.39 Å². The summed E-state index contributed by atoms with van der Waals surface area (Å²) in [4.78, 5) is 39.8. The van der Waals surface area contributed by atoms with Gasteiger partial charge in [-0.2, -0.15) is 13.2 Å². The van der Waals surface area contributed by atoms with Gasteiger partial charge in [0.1, 0.15) is 17.9 Å². The van der Waals surface area contributed by atoms with Crippen molar-refractivity contribution in [3.05, 3.63) is 38.7 Å². The number of nitrogens with zero attached hydrogens (tertiary/aromatic N) is 3. The van der Waals surface area contributed by atoms with Gasteiger partial charge < -0.3 is 5.32 Å². The van der Waals surface area contributed by atoms with E-state index in [0.29, 0.717) is 10.6 Å². The van der Waals surface area contributed by atoms with E-state index < -0.39 is 35.6 Å². The first-order valence-electron chi connectivity index (χ1n) is 7.15. The molecule has 0 atom stereocenters. The fraction of sp³-hybridized carbons (Fsp3) is 0.429. The average Bonchev–Trinajstić information content (AvgIpc) is 3.31. The Balaban J connectivity index is 2.10. The van der Waals surface area contributed by atoms with Crippen molar-refractivity contribution in [3.63, 3.8) is 0 Å². The lowest BCUT2D eigenvalue weighted by atomic mass is 10.2. The maximum atomic E-state index is 12.7. The van der Waals surface area contributed by atoms with Gasteiger partial charge >= 0.3 is 11.9 Å². The van der Waals surface area contributed by atoms with Gasteiger partial charge in [-0.25, -0.2) is 9.78 Å². The predicted octanol–water partition coefficient (Wildman–Crippen LogP) is 0.393. The van der Waals surface area contributed by atoms with Gasteiger partial charge in [0.2, 0.25) is 5.91 Å². The quantitative estimate of drug-likeness (QED) is 0.874. The van der Waals surface area contributed by atoms with Gasteiger partial charge in [-0.05, 0) is 25.0 Å². The van der Waals surface area contributed by atoms with E-state index in [1.165, 1.54) is 7.05 Å². The molecule has 1 fully saturated rings. The fourth-order valence-electron chi connectivity index (χ4n) is 2.32. The third-order valence-electron chi connectivity index (χ3n) is 3.72. The summed E-state index contributed by atoms with van der Waals surface area (Å²) in [5, 5.41) is 2.48. The maximum absolute atomic E-state index is 12.7. The summed E-state index contributed by atoms with van der Waals surface area (Å²) < 4.78 is 39.7. The minimum Gasteiger partial charge on any atom is -0.352 e. The fourth-order valence-corrected chi connectivity index (χ4v) is 2.32. The Morgan fingerprint density at radius 2 is 2.00 bits per heavy atom. The third kappa shape index (κ3) is 2.91. The van der Waals surface area contributed by atoms with Gasteiger partial charge in [0, 0.05) is 13.1 Å². The molecule has 2 aromatic rings. The highest BCUT2D eigenvalue weighted by molar-refractivity contribution is 5.78. The number of fused-ring (bicyclic) bond motifs is 1. The lowest BCUT2D eigenvalue weighted by Crippen LogP contribution is -2.43. The van der Waals surface area contributed by atoms with Crippen LogP contribution in [-0.4, -0.2) is 26.1 Å². The van der Waals surface area contributed by atoms with Crippen LogP contribution in [0.3, 0.4) is 0 Å². The number of pyridine rings is 1. The van der Waals surface area contributed by atoms with E-state index in [4.69, 9.17) is 0 Å². The summed E-state index contributed by atoms with van der Waals surface area (Å²) >= 11 is 0. The Morgan fingerprint density at radius 3 is 2.58 bits per heavy atom. The van der Waals surface area contributed by atoms with Crippen LogP contribution in [0.25, 0.3) is 11.0 Å². The first-order chi connectivity index (χ1) is 11.2. The minimum atomic E-state index is -4.69. The molecule has 0 aromatic carbocycles. The maximum Gasteiger partial charge on any atom is 0.433 e. The Morgan fingerprint density at radius 1 is 1.33 bits per heavy atom. The number of rotatable bonds is 3. The molecule has 0 bridgehead atoms. The lowest BCUT2D eigenvalue weighted by molar-refractivity contribution is -0.141. The van der Waals surface area contributed by atoms with Crippen molar-refractivity contribution in [3.8, 4) is 0 Å². The zero-order valence-electron chi connectivity index (χ0n) is 12.6. The molecule has 2 heterocycles. The molecule has 0 saturated heterocycles. The van der Waals surface area contributed by atoms with E-state index in [1.54, 1.807) is 0 Å². The number of nitrogens with one attached hydrogen (secondary N) is 1. The SMILES string of the molecule is Cn1c(=O)n(CC(=O)NC2CC2)c(=O)c2ccc(C(F)(F)F)nc21. The summed E-state index contributed by atoms with van der Waals surface area (Å²) in [6.45, 7) is -0.487. The molecule has 3 rings (SSSR count). The normalized spacial score (nSPS) is 14.8. The minimum absolute atomic E-state index is 0.0634. The van der Waals surface area contributed by atoms with Crippen molar-refractivity contribution < 1.29 is 18.0 Å². The second-order valence-electron chi connectivity index (χ2n) is 5.64. The van der Waals surface area contributed by atoms with Gasteiger partial charge in [-0.1, -0.05) is 0 Å². The molecule has 0 aliphatic heterocycles. The predicted molar refractivity (Wildman–Crippen MR) is 77.4 cm³/mol. The molecule has 0 spiro atoms. The molecule has 0 unspecified atom stereocenters. The molecule has 1 N–H and O–H groups in total. The van der Waals surface area contributed by atoms with Gasteiger partial charge in [0.25, 0.3) is 5.56 Å². The van der Waals surface area contributed by atoms with E-state index in [2.05, 4.69) is 10.3 Å². The van der Waals surface area contributed by atoms with Crippen molar-refractivity contribution in [1.29, 1.82) is 0 Å². The Hall–Kier alpha value is -2.65. The number of aryl methyl sites for hydroxylation is 1. The van der Waals surface area contributed by atoms with Crippen LogP contribution < -0.4 is 16.6 Å². The highest BCUT2D eigenvalue weighted by Gasteiger charge is 2.33. The van der Waals surface area contributed by atoms with Crippen LogP contribution in [0, 0.1) is 0 Å². The number of carbonyl (C=O) groups is 1. The van der Waals surface area contributed by atoms with Crippen molar-refractivity contribution in [2.75, 3.05) is 0 Å². The number of amides is 1. The summed E-state index contributed by atoms with van der Waals surface area (Å²) in [5.41, 5.74) is -3.32. The summed E-state index contributed by atoms with van der Waals surface area (Å²) in [6.07, 6.45) is -3.00. The number of hydrogen-bond acceptors (Lipinski definition) is 4. The first-order valence-corrected chi connectivity index (χ1v) is 7.15. The van der Waals surface area contributed by atoms with E-state index in [9.17, 15) is 27.6 Å². The Bertz CT molecular complexity index is 941. The zero-order chi connectivity index (χ0) is 17.6. The van der Waals surface area contributed by atoms with E-state index >= 15 is 0 Å². The van der Waals surface area contributed by atoms with Crippen LogP contribution in [0.15, 0.2) is 21.7 Å². The molecule has 1 saturated carbocycles. The smallest absolute Gasteiger partial charge is 0.352 e. The van der Waals surface area contributed by atoms with Crippen LogP contribution in [0.5, 0.6) is 0 Å². The molecule has 10 heteroatoms. The van der Waals surface area contributed by atoms with E-state index in [-0.39, 0.29) is 17.1 Å². The van der Waals surface area contributed by atoms with Gasteiger partial charge in [-0.3, -0.25) is 18.7 Å². The number of halogens is 3. The van der Waals surface area contributed by atoms with Crippen molar-refractivity contribution in [1.82, 2.24) is 19.4 Å². The Labute approximate surface area is 132 Å². The van der Waals surface area contributed by atoms with E-state index in [0.717, 1.165) is 23.5 Å². The van der Waals surface area contributed by atoms with Crippen LogP contribution in [0.4, 0.5) is 13.2 Å². The van der Waals surface area contributed by atoms with Crippen LogP contribution in [0.2, 0.25) is 0 Å². The molecule has 1 aliphatic rings. The van der Waals surface area contributed by atoms with Gasteiger partial charge in [-0.15, -0.1) is 0 Å². The summed E-state index contributed by atoms with van der Waals surface area (Å²) in [7, 11) is 1.20. The second kappa shape index (κ2) is 5.46. The Kier molecular flexibility index (Phi) is 3.69. The van der Waals surface area contributed by atoms with Crippen molar-refractivity contribution >= 4 is 16.9 Å². The lowest BCUT2D eigenvalue weighted by Gasteiger charge is -2.12. The van der Waals surface area contributed by atoms with Crippen molar-refractivity contribution in [2.45, 2.75) is 31.6 Å². The number of alkyl halides is 3. The largest absolute Gasteiger partial charge is 0.433 e. The molecule has 1 amide bonds. The molecule has 128 valence electrons. The highest BCUT2D eigenvalue weighted by Crippen LogP contribution is 2.28. The molecule has 2 aromatic heterocycles. The van der Waals surface area contributed by atoms with Crippen LogP contribution >= 0.6 is 0 Å². The topological polar surface area (TPSA) is 86.0 Å². The molecule has 1 aliphatic carbocycles. The summed E-state index contributed by atoms with van der Waals surface area (Å²) in [5.74, 6) is -0.490. The second-order valence-corrected chi connectivity index (χ2v) is 5.64.